The number of amides is 2. The van der Waals surface area contributed by atoms with E-state index in [-0.39, 0.29) is 42.4 Å². The summed E-state index contributed by atoms with van der Waals surface area (Å²) in [4.78, 5) is 41.1. The van der Waals surface area contributed by atoms with Crippen LogP contribution in [0.3, 0.4) is 0 Å². The molecule has 1 aromatic heterocycles. The highest BCUT2D eigenvalue weighted by Crippen LogP contribution is 2.36. The number of benzene rings is 1. The van der Waals surface area contributed by atoms with Crippen LogP contribution in [-0.2, 0) is 11.3 Å². The number of ether oxygens (including phenoxy) is 2. The van der Waals surface area contributed by atoms with E-state index in [1.54, 1.807) is 9.91 Å². The van der Waals surface area contributed by atoms with Crippen LogP contribution in [0.2, 0.25) is 0 Å². The van der Waals surface area contributed by atoms with Crippen molar-refractivity contribution in [3.05, 3.63) is 62.8 Å². The largest absolute Gasteiger partial charge is 0.491 e. The minimum Gasteiger partial charge on any atom is -0.491 e. The Morgan fingerprint density at radius 3 is 2.65 bits per heavy atom. The van der Waals surface area contributed by atoms with Crippen LogP contribution < -0.4 is 20.5 Å². The number of nitrogens with zero attached hydrogens (tertiary/aromatic N) is 3. The standard InChI is InChI=1S/C21H21FN4O6.CH3F/c1-31-19-17-21(30)24-6-7-32-10-14(24)25-9-13(27)16(26(17)25)15(18(19)28)20(29)23-8-11-2-4-12(22)5-3-11;1-2/h2-5,13-14,27H,6-10H2,1H3,(H,23,29);1H3. The summed E-state index contributed by atoms with van der Waals surface area (Å²) in [5, 5.41) is 15.2. The van der Waals surface area contributed by atoms with Crippen molar-refractivity contribution >= 4 is 11.8 Å². The molecule has 5 rings (SSSR count). The summed E-state index contributed by atoms with van der Waals surface area (Å²) >= 11 is 0. The average molecular weight is 478 g/mol. The topological polar surface area (TPSA) is 113 Å². The molecule has 2 amide bonds. The number of aliphatic hydroxyl groups is 1. The number of methoxy groups -OCH3 is 1. The third-order valence-corrected chi connectivity index (χ3v) is 5.99. The smallest absolute Gasteiger partial charge is 0.278 e. The number of halogens is 2. The maximum atomic E-state index is 13.2. The molecule has 3 aliphatic rings. The predicted octanol–water partition coefficient (Wildman–Crippen LogP) is 0.309. The minimum atomic E-state index is -1.17. The van der Waals surface area contributed by atoms with Crippen molar-refractivity contribution in [3.8, 4) is 5.75 Å². The number of pyridine rings is 1. The van der Waals surface area contributed by atoms with Crippen LogP contribution in [0.4, 0.5) is 8.78 Å². The number of aliphatic hydroxyl groups excluding tert-OH is 1. The molecule has 2 aromatic rings. The number of aromatic nitrogens is 1. The number of alkyl halides is 1. The zero-order valence-electron chi connectivity index (χ0n) is 18.6. The highest BCUT2D eigenvalue weighted by molar-refractivity contribution is 6.01. The van der Waals surface area contributed by atoms with Crippen molar-refractivity contribution in [2.75, 3.05) is 45.6 Å². The van der Waals surface area contributed by atoms with Crippen molar-refractivity contribution in [1.29, 1.82) is 0 Å². The Balaban J connectivity index is 0.00000133. The Morgan fingerprint density at radius 1 is 1.26 bits per heavy atom. The molecule has 12 heteroatoms. The SMILES string of the molecule is CF.COc1c2n3c(c(C(=O)NCc4ccc(F)cc4)c1=O)C(O)CN3C1COCCN1C2=O. The molecule has 1 fully saturated rings. The molecule has 2 N–H and O–H groups in total. The molecular formula is C22H24F2N4O6. The molecule has 10 nitrogen and oxygen atoms in total. The first-order valence-electron chi connectivity index (χ1n) is 10.5. The molecule has 2 unspecified atom stereocenters. The van der Waals surface area contributed by atoms with E-state index in [1.165, 1.54) is 36.1 Å². The van der Waals surface area contributed by atoms with Crippen molar-refractivity contribution in [2.24, 2.45) is 0 Å². The van der Waals surface area contributed by atoms with Gasteiger partial charge in [0.15, 0.2) is 11.4 Å². The number of nitrogens with one attached hydrogen (secondary N) is 1. The molecule has 1 saturated heterocycles. The van der Waals surface area contributed by atoms with Crippen LogP contribution in [0, 0.1) is 5.82 Å². The van der Waals surface area contributed by atoms with E-state index < -0.39 is 35.3 Å². The molecule has 2 atom stereocenters. The van der Waals surface area contributed by atoms with Crippen LogP contribution in [-0.4, -0.2) is 73.3 Å². The monoisotopic (exact) mass is 478 g/mol. The summed E-state index contributed by atoms with van der Waals surface area (Å²) in [6, 6.07) is 5.57. The fourth-order valence-electron chi connectivity index (χ4n) is 4.51. The number of hydrogen-bond acceptors (Lipinski definition) is 7. The van der Waals surface area contributed by atoms with E-state index in [0.717, 1.165) is 0 Å². The van der Waals surface area contributed by atoms with E-state index in [1.807, 2.05) is 0 Å². The lowest BCUT2D eigenvalue weighted by atomic mass is 10.1. The molecular weight excluding hydrogens is 454 g/mol. The minimum absolute atomic E-state index is 0.0164. The van der Waals surface area contributed by atoms with Crippen molar-refractivity contribution in [1.82, 2.24) is 14.9 Å². The van der Waals surface area contributed by atoms with Gasteiger partial charge in [0.2, 0.25) is 5.43 Å². The highest BCUT2D eigenvalue weighted by atomic mass is 19.1. The third-order valence-electron chi connectivity index (χ3n) is 5.99. The van der Waals surface area contributed by atoms with Crippen molar-refractivity contribution in [3.63, 3.8) is 0 Å². The van der Waals surface area contributed by atoms with E-state index in [9.17, 15) is 28.3 Å². The first-order valence-corrected chi connectivity index (χ1v) is 10.5. The van der Waals surface area contributed by atoms with Gasteiger partial charge >= 0.3 is 0 Å². The molecule has 0 spiro atoms. The highest BCUT2D eigenvalue weighted by Gasteiger charge is 2.49. The molecule has 182 valence electrons. The van der Waals surface area contributed by atoms with Gasteiger partial charge in [0.05, 0.1) is 39.7 Å². The third kappa shape index (κ3) is 3.68. The second kappa shape index (κ2) is 9.39. The van der Waals surface area contributed by atoms with Crippen molar-refractivity contribution in [2.45, 2.75) is 18.8 Å². The fraction of sp³-hybridized carbons (Fsp3) is 0.409. The molecule has 0 radical (unpaired) electrons. The van der Waals surface area contributed by atoms with Gasteiger partial charge < -0.3 is 24.8 Å². The normalized spacial score (nSPS) is 20.2. The van der Waals surface area contributed by atoms with Crippen molar-refractivity contribution < 1.29 is 33.0 Å². The number of morpholine rings is 1. The van der Waals surface area contributed by atoms with Crippen LogP contribution in [0.15, 0.2) is 29.1 Å². The Labute approximate surface area is 193 Å². The second-order valence-corrected chi connectivity index (χ2v) is 7.78. The van der Waals surface area contributed by atoms with E-state index in [2.05, 4.69) is 5.32 Å². The Morgan fingerprint density at radius 2 is 1.97 bits per heavy atom. The first kappa shape index (κ1) is 23.6. The lowest BCUT2D eigenvalue weighted by molar-refractivity contribution is -0.0163. The quantitative estimate of drug-likeness (QED) is 0.650. The number of hydrogen-bond donors (Lipinski definition) is 2. The number of rotatable bonds is 4. The molecule has 0 saturated carbocycles. The molecule has 3 aliphatic heterocycles. The number of fused-ring (bicyclic) bond motifs is 2. The van der Waals surface area contributed by atoms with Gasteiger partial charge in [-0.3, -0.25) is 23.8 Å². The van der Waals surface area contributed by atoms with Crippen LogP contribution in [0.1, 0.15) is 38.2 Å². The molecule has 0 aliphatic carbocycles. The Bertz CT molecular complexity index is 1170. The lowest BCUT2D eigenvalue weighted by Gasteiger charge is -2.46. The summed E-state index contributed by atoms with van der Waals surface area (Å²) in [6.45, 7) is 1.06. The van der Waals surface area contributed by atoms with Gasteiger partial charge in [-0.1, -0.05) is 12.1 Å². The van der Waals surface area contributed by atoms with Gasteiger partial charge in [-0.15, -0.1) is 0 Å². The lowest BCUT2D eigenvalue weighted by Crippen LogP contribution is -2.64. The van der Waals surface area contributed by atoms with Gasteiger partial charge in [0.25, 0.3) is 11.8 Å². The summed E-state index contributed by atoms with van der Waals surface area (Å²) in [5.41, 5.74) is -0.404. The Kier molecular flexibility index (Phi) is 6.53. The summed E-state index contributed by atoms with van der Waals surface area (Å²) < 4.78 is 34.9. The van der Waals surface area contributed by atoms with Crippen LogP contribution >= 0.6 is 0 Å². The van der Waals surface area contributed by atoms with E-state index in [4.69, 9.17) is 9.47 Å². The van der Waals surface area contributed by atoms with Gasteiger partial charge in [-0.25, -0.2) is 9.07 Å². The molecule has 0 bridgehead atoms. The zero-order chi connectivity index (χ0) is 24.6. The Hall–Kier alpha value is -3.51. The molecule has 1 aromatic carbocycles. The van der Waals surface area contributed by atoms with Crippen LogP contribution in [0.25, 0.3) is 0 Å². The first-order chi connectivity index (χ1) is 16.4. The maximum Gasteiger partial charge on any atom is 0.278 e. The summed E-state index contributed by atoms with van der Waals surface area (Å²) in [7, 11) is 1.76. The maximum absolute atomic E-state index is 13.2. The number of carbonyl (C=O) groups excluding carboxylic acids is 2. The van der Waals surface area contributed by atoms with Gasteiger partial charge in [0, 0.05) is 13.1 Å². The molecule has 4 heterocycles. The van der Waals surface area contributed by atoms with Crippen LogP contribution in [0.5, 0.6) is 5.75 Å². The second-order valence-electron chi connectivity index (χ2n) is 7.78. The fourth-order valence-corrected chi connectivity index (χ4v) is 4.51. The van der Waals surface area contributed by atoms with Gasteiger partial charge in [-0.2, -0.15) is 0 Å². The predicted molar refractivity (Wildman–Crippen MR) is 116 cm³/mol. The van der Waals surface area contributed by atoms with E-state index in [0.29, 0.717) is 25.9 Å². The van der Waals surface area contributed by atoms with Gasteiger partial charge in [-0.05, 0) is 17.7 Å². The van der Waals surface area contributed by atoms with E-state index >= 15 is 0 Å². The molecule has 34 heavy (non-hydrogen) atoms. The summed E-state index contributed by atoms with van der Waals surface area (Å²) in [6.07, 6.45) is -1.64. The summed E-state index contributed by atoms with van der Waals surface area (Å²) in [5.74, 6) is -1.80. The van der Waals surface area contributed by atoms with Gasteiger partial charge in [0.1, 0.15) is 23.7 Å². The average Bonchev–Trinajstić information content (AvgIpc) is 3.20. The zero-order valence-corrected chi connectivity index (χ0v) is 18.6. The number of carbonyl (C=O) groups is 2.